The third-order valence-electron chi connectivity index (χ3n) is 2.28. The zero-order valence-corrected chi connectivity index (χ0v) is 9.63. The first-order chi connectivity index (χ1) is 8.81. The highest BCUT2D eigenvalue weighted by Gasteiger charge is 2.08. The van der Waals surface area contributed by atoms with Gasteiger partial charge in [0.15, 0.2) is 0 Å². The third kappa shape index (κ3) is 3.02. The van der Waals surface area contributed by atoms with Crippen molar-refractivity contribution in [2.45, 2.75) is 0 Å². The molecule has 0 saturated heterocycles. The van der Waals surface area contributed by atoms with Gasteiger partial charge in [0.1, 0.15) is 11.0 Å². The van der Waals surface area contributed by atoms with E-state index in [1.165, 1.54) is 0 Å². The van der Waals surface area contributed by atoms with Crippen LogP contribution in [0.3, 0.4) is 0 Å². The number of ether oxygens (including phenoxy) is 1. The van der Waals surface area contributed by atoms with Gasteiger partial charge in [0, 0.05) is 12.1 Å². The van der Waals surface area contributed by atoms with Crippen LogP contribution >= 0.6 is 0 Å². The number of carbonyl (C=O) groups excluding carboxylic acids is 1. The summed E-state index contributed by atoms with van der Waals surface area (Å²) in [4.78, 5) is 11.7. The van der Waals surface area contributed by atoms with E-state index in [0.29, 0.717) is 29.7 Å². The van der Waals surface area contributed by atoms with Crippen LogP contribution in [-0.2, 0) is 4.74 Å². The number of amides is 1. The second kappa shape index (κ2) is 6.08. The van der Waals surface area contributed by atoms with Gasteiger partial charge in [-0.25, -0.2) is 4.63 Å². The maximum absolute atomic E-state index is 11.7. The van der Waals surface area contributed by atoms with Crippen LogP contribution in [0.1, 0.15) is 10.4 Å². The molecule has 7 heteroatoms. The van der Waals surface area contributed by atoms with Gasteiger partial charge in [-0.2, -0.15) is 0 Å². The van der Waals surface area contributed by atoms with Gasteiger partial charge >= 0.3 is 0 Å². The smallest absolute Gasteiger partial charge is 0.251 e. The zero-order chi connectivity index (χ0) is 12.8. The lowest BCUT2D eigenvalue weighted by Gasteiger charge is -2.05. The molecule has 0 aliphatic heterocycles. The van der Waals surface area contributed by atoms with Crippen LogP contribution in [0.15, 0.2) is 22.8 Å². The first-order valence-corrected chi connectivity index (χ1v) is 5.50. The van der Waals surface area contributed by atoms with Crippen molar-refractivity contribution < 1.29 is 19.3 Å². The minimum atomic E-state index is -0.215. The molecule has 1 heterocycles. The number of hydrogen-bond acceptors (Lipinski definition) is 6. The van der Waals surface area contributed by atoms with Crippen molar-refractivity contribution in [3.8, 4) is 0 Å². The Morgan fingerprint density at radius 3 is 3.00 bits per heavy atom. The van der Waals surface area contributed by atoms with Gasteiger partial charge in [0.2, 0.25) is 0 Å². The number of carbonyl (C=O) groups is 1. The summed E-state index contributed by atoms with van der Waals surface area (Å²) in [6, 6.07) is 4.93. The maximum Gasteiger partial charge on any atom is 0.251 e. The lowest BCUT2D eigenvalue weighted by Crippen LogP contribution is -2.27. The van der Waals surface area contributed by atoms with Gasteiger partial charge in [0.05, 0.1) is 19.8 Å². The molecule has 0 atom stereocenters. The first-order valence-electron chi connectivity index (χ1n) is 5.50. The number of nitrogens with one attached hydrogen (secondary N) is 1. The number of aliphatic hydroxyl groups is 1. The molecule has 96 valence electrons. The highest BCUT2D eigenvalue weighted by atomic mass is 16.6. The lowest BCUT2D eigenvalue weighted by molar-refractivity contribution is 0.0838. The zero-order valence-electron chi connectivity index (χ0n) is 9.63. The molecule has 0 saturated carbocycles. The topological polar surface area (TPSA) is 97.5 Å². The molecule has 0 aliphatic rings. The SMILES string of the molecule is O=C(NCCOCCO)c1ccc2nonc2c1. The van der Waals surface area contributed by atoms with Gasteiger partial charge < -0.3 is 15.2 Å². The third-order valence-corrected chi connectivity index (χ3v) is 2.28. The molecule has 2 N–H and O–H groups in total. The van der Waals surface area contributed by atoms with E-state index in [4.69, 9.17) is 9.84 Å². The largest absolute Gasteiger partial charge is 0.394 e. The number of hydrogen-bond donors (Lipinski definition) is 2. The molecular formula is C11H13N3O4. The molecule has 0 fully saturated rings. The second-order valence-corrected chi connectivity index (χ2v) is 3.56. The Hall–Kier alpha value is -1.99. The highest BCUT2D eigenvalue weighted by molar-refractivity contribution is 5.97. The molecule has 0 unspecified atom stereocenters. The number of aliphatic hydroxyl groups excluding tert-OH is 1. The predicted octanol–water partition coefficient (Wildman–Crippen LogP) is -0.0385. The summed E-state index contributed by atoms with van der Waals surface area (Å²) in [5.41, 5.74) is 1.64. The van der Waals surface area contributed by atoms with E-state index in [-0.39, 0.29) is 19.1 Å². The fourth-order valence-electron chi connectivity index (χ4n) is 1.43. The van der Waals surface area contributed by atoms with Gasteiger partial charge in [-0.15, -0.1) is 0 Å². The number of benzene rings is 1. The number of nitrogens with zero attached hydrogens (tertiary/aromatic N) is 2. The second-order valence-electron chi connectivity index (χ2n) is 3.56. The molecule has 2 rings (SSSR count). The van der Waals surface area contributed by atoms with Gasteiger partial charge in [-0.3, -0.25) is 4.79 Å². The van der Waals surface area contributed by atoms with Crippen molar-refractivity contribution in [3.63, 3.8) is 0 Å². The molecule has 2 aromatic rings. The first kappa shape index (κ1) is 12.5. The molecule has 7 nitrogen and oxygen atoms in total. The molecule has 18 heavy (non-hydrogen) atoms. The minimum Gasteiger partial charge on any atom is -0.394 e. The van der Waals surface area contributed by atoms with Crippen molar-refractivity contribution in [3.05, 3.63) is 23.8 Å². The minimum absolute atomic E-state index is 0.0240. The summed E-state index contributed by atoms with van der Waals surface area (Å²) in [6.45, 7) is 0.990. The summed E-state index contributed by atoms with van der Waals surface area (Å²) in [7, 11) is 0. The van der Waals surface area contributed by atoms with E-state index < -0.39 is 0 Å². The fraction of sp³-hybridized carbons (Fsp3) is 0.364. The Balaban J connectivity index is 1.88. The number of aromatic nitrogens is 2. The summed E-state index contributed by atoms with van der Waals surface area (Å²) >= 11 is 0. The summed E-state index contributed by atoms with van der Waals surface area (Å²) in [6.07, 6.45) is 0. The van der Waals surface area contributed by atoms with Crippen molar-refractivity contribution >= 4 is 16.9 Å². The van der Waals surface area contributed by atoms with Crippen LogP contribution in [0.5, 0.6) is 0 Å². The Labute approximate surface area is 103 Å². The van der Waals surface area contributed by atoms with Gasteiger partial charge in [-0.1, -0.05) is 0 Å². The van der Waals surface area contributed by atoms with Crippen LogP contribution in [-0.4, -0.2) is 47.7 Å². The Bertz CT molecular complexity index is 526. The van der Waals surface area contributed by atoms with E-state index in [2.05, 4.69) is 20.3 Å². The van der Waals surface area contributed by atoms with Crippen LogP contribution in [0, 0.1) is 0 Å². The molecule has 0 bridgehead atoms. The molecule has 0 spiro atoms. The summed E-state index contributed by atoms with van der Waals surface area (Å²) in [5.74, 6) is -0.215. The molecular weight excluding hydrogens is 238 g/mol. The Morgan fingerprint density at radius 2 is 2.17 bits per heavy atom. The average molecular weight is 251 g/mol. The van der Waals surface area contributed by atoms with Crippen molar-refractivity contribution in [2.75, 3.05) is 26.4 Å². The van der Waals surface area contributed by atoms with E-state index in [0.717, 1.165) is 0 Å². The maximum atomic E-state index is 11.7. The van der Waals surface area contributed by atoms with E-state index >= 15 is 0 Å². The molecule has 1 aromatic carbocycles. The van der Waals surface area contributed by atoms with Crippen LogP contribution in [0.25, 0.3) is 11.0 Å². The number of rotatable bonds is 6. The van der Waals surface area contributed by atoms with Crippen molar-refractivity contribution in [2.24, 2.45) is 0 Å². The monoisotopic (exact) mass is 251 g/mol. The van der Waals surface area contributed by atoms with E-state index in [1.54, 1.807) is 18.2 Å². The standard InChI is InChI=1S/C11H13N3O4/c15-4-6-17-5-3-12-11(16)8-1-2-9-10(7-8)14-18-13-9/h1-2,7,15H,3-6H2,(H,12,16). The van der Waals surface area contributed by atoms with Gasteiger partial charge in [-0.05, 0) is 28.5 Å². The predicted molar refractivity (Wildman–Crippen MR) is 62.0 cm³/mol. The van der Waals surface area contributed by atoms with Gasteiger partial charge in [0.25, 0.3) is 5.91 Å². The summed E-state index contributed by atoms with van der Waals surface area (Å²) < 4.78 is 9.57. The molecule has 0 radical (unpaired) electrons. The van der Waals surface area contributed by atoms with E-state index in [9.17, 15) is 4.79 Å². The average Bonchev–Trinajstić information content (AvgIpc) is 2.85. The molecule has 0 aliphatic carbocycles. The quantitative estimate of drug-likeness (QED) is 0.699. The highest BCUT2D eigenvalue weighted by Crippen LogP contribution is 2.11. The van der Waals surface area contributed by atoms with Crippen molar-refractivity contribution in [1.29, 1.82) is 0 Å². The van der Waals surface area contributed by atoms with E-state index in [1.807, 2.05) is 0 Å². The Kier molecular flexibility index (Phi) is 4.21. The molecule has 1 aromatic heterocycles. The lowest BCUT2D eigenvalue weighted by atomic mass is 10.2. The van der Waals surface area contributed by atoms with Crippen LogP contribution in [0.4, 0.5) is 0 Å². The Morgan fingerprint density at radius 1 is 1.33 bits per heavy atom. The van der Waals surface area contributed by atoms with Crippen molar-refractivity contribution in [1.82, 2.24) is 15.6 Å². The fourth-order valence-corrected chi connectivity index (χ4v) is 1.43. The summed E-state index contributed by atoms with van der Waals surface area (Å²) in [5, 5.41) is 18.5. The normalized spacial score (nSPS) is 10.7. The number of fused-ring (bicyclic) bond motifs is 1. The molecule has 1 amide bonds. The van der Waals surface area contributed by atoms with Crippen LogP contribution < -0.4 is 5.32 Å². The van der Waals surface area contributed by atoms with Crippen LogP contribution in [0.2, 0.25) is 0 Å².